The van der Waals surface area contributed by atoms with Gasteiger partial charge in [0, 0.05) is 5.92 Å². The van der Waals surface area contributed by atoms with Crippen LogP contribution >= 0.6 is 0 Å². The van der Waals surface area contributed by atoms with Crippen LogP contribution in [0.5, 0.6) is 0 Å². The SMILES string of the molecule is CC(O)C=CC(C)C=O. The molecule has 0 fully saturated rings. The molecule has 0 bridgehead atoms. The first-order chi connectivity index (χ1) is 4.16. The van der Waals surface area contributed by atoms with Gasteiger partial charge in [-0.15, -0.1) is 0 Å². The van der Waals surface area contributed by atoms with E-state index in [4.69, 9.17) is 5.11 Å². The van der Waals surface area contributed by atoms with Gasteiger partial charge in [0.05, 0.1) is 6.10 Å². The van der Waals surface area contributed by atoms with E-state index in [-0.39, 0.29) is 5.92 Å². The number of aldehydes is 1. The van der Waals surface area contributed by atoms with Gasteiger partial charge < -0.3 is 9.90 Å². The zero-order valence-corrected chi connectivity index (χ0v) is 5.74. The summed E-state index contributed by atoms with van der Waals surface area (Å²) in [4.78, 5) is 9.98. The molecule has 52 valence electrons. The van der Waals surface area contributed by atoms with Gasteiger partial charge in [-0.3, -0.25) is 0 Å². The number of aliphatic hydroxyl groups excluding tert-OH is 1. The second-order valence-electron chi connectivity index (χ2n) is 2.12. The first-order valence-electron chi connectivity index (χ1n) is 2.98. The van der Waals surface area contributed by atoms with Crippen molar-refractivity contribution in [2.45, 2.75) is 20.0 Å². The van der Waals surface area contributed by atoms with Crippen LogP contribution in [0.3, 0.4) is 0 Å². The summed E-state index contributed by atoms with van der Waals surface area (Å²) in [6.07, 6.45) is 3.66. The second kappa shape index (κ2) is 4.27. The summed E-state index contributed by atoms with van der Waals surface area (Å²) < 4.78 is 0. The molecule has 0 rings (SSSR count). The van der Waals surface area contributed by atoms with E-state index in [1.165, 1.54) is 0 Å². The molecule has 0 spiro atoms. The maximum atomic E-state index is 9.98. The summed E-state index contributed by atoms with van der Waals surface area (Å²) >= 11 is 0. The fraction of sp³-hybridized carbons (Fsp3) is 0.571. The number of aliphatic hydroxyl groups is 1. The minimum atomic E-state index is -0.451. The molecular formula is C7H12O2. The fourth-order valence-corrected chi connectivity index (χ4v) is 0.381. The third-order valence-electron chi connectivity index (χ3n) is 0.908. The Morgan fingerprint density at radius 2 is 1.89 bits per heavy atom. The molecule has 1 N–H and O–H groups in total. The monoisotopic (exact) mass is 128 g/mol. The molecular weight excluding hydrogens is 116 g/mol. The van der Waals surface area contributed by atoms with E-state index in [9.17, 15) is 4.79 Å². The lowest BCUT2D eigenvalue weighted by Gasteiger charge is -1.94. The first-order valence-corrected chi connectivity index (χ1v) is 2.98. The predicted molar refractivity (Wildman–Crippen MR) is 36.0 cm³/mol. The smallest absolute Gasteiger partial charge is 0.126 e. The molecule has 0 aliphatic heterocycles. The van der Waals surface area contributed by atoms with Crippen molar-refractivity contribution < 1.29 is 9.90 Å². The predicted octanol–water partition coefficient (Wildman–Crippen LogP) is 0.758. The average Bonchev–Trinajstić information content (AvgIpc) is 1.83. The number of hydrogen-bond donors (Lipinski definition) is 1. The number of carbonyl (C=O) groups is 1. The maximum Gasteiger partial charge on any atom is 0.126 e. The van der Waals surface area contributed by atoms with Crippen LogP contribution in [-0.4, -0.2) is 17.5 Å². The molecule has 0 aliphatic rings. The summed E-state index contributed by atoms with van der Waals surface area (Å²) in [5.74, 6) is -0.0837. The van der Waals surface area contributed by atoms with E-state index in [1.54, 1.807) is 26.0 Å². The van der Waals surface area contributed by atoms with Crippen LogP contribution in [0.25, 0.3) is 0 Å². The quantitative estimate of drug-likeness (QED) is 0.450. The molecule has 2 atom stereocenters. The van der Waals surface area contributed by atoms with Crippen molar-refractivity contribution in [1.82, 2.24) is 0 Å². The number of allylic oxidation sites excluding steroid dienone is 1. The van der Waals surface area contributed by atoms with Crippen molar-refractivity contribution in [2.24, 2.45) is 5.92 Å². The van der Waals surface area contributed by atoms with E-state index in [0.717, 1.165) is 6.29 Å². The second-order valence-corrected chi connectivity index (χ2v) is 2.12. The van der Waals surface area contributed by atoms with Gasteiger partial charge in [-0.25, -0.2) is 0 Å². The lowest BCUT2D eigenvalue weighted by molar-refractivity contribution is -0.109. The Kier molecular flexibility index (Phi) is 3.97. The Morgan fingerprint density at radius 3 is 2.22 bits per heavy atom. The molecule has 2 nitrogen and oxygen atoms in total. The minimum absolute atomic E-state index is 0.0837. The van der Waals surface area contributed by atoms with E-state index in [1.807, 2.05) is 0 Å². The van der Waals surface area contributed by atoms with Crippen LogP contribution in [0.4, 0.5) is 0 Å². The highest BCUT2D eigenvalue weighted by Gasteiger charge is 1.91. The molecule has 0 aromatic carbocycles. The lowest BCUT2D eigenvalue weighted by Crippen LogP contribution is -1.95. The summed E-state index contributed by atoms with van der Waals surface area (Å²) in [6, 6.07) is 0. The zero-order valence-electron chi connectivity index (χ0n) is 5.74. The van der Waals surface area contributed by atoms with Gasteiger partial charge in [0.25, 0.3) is 0 Å². The lowest BCUT2D eigenvalue weighted by atomic mass is 10.2. The van der Waals surface area contributed by atoms with Gasteiger partial charge in [-0.05, 0) is 6.92 Å². The van der Waals surface area contributed by atoms with Crippen LogP contribution in [0, 0.1) is 5.92 Å². The van der Waals surface area contributed by atoms with Crippen molar-refractivity contribution >= 4 is 6.29 Å². The maximum absolute atomic E-state index is 9.98. The molecule has 0 saturated carbocycles. The Labute approximate surface area is 55.2 Å². The van der Waals surface area contributed by atoms with Gasteiger partial charge in [0.2, 0.25) is 0 Å². The molecule has 0 aromatic rings. The third kappa shape index (κ3) is 5.24. The van der Waals surface area contributed by atoms with Gasteiger partial charge in [-0.1, -0.05) is 19.1 Å². The summed E-state index contributed by atoms with van der Waals surface area (Å²) in [5, 5.41) is 8.69. The van der Waals surface area contributed by atoms with E-state index < -0.39 is 6.10 Å². The van der Waals surface area contributed by atoms with E-state index in [0.29, 0.717) is 0 Å². The fourth-order valence-electron chi connectivity index (χ4n) is 0.381. The summed E-state index contributed by atoms with van der Waals surface area (Å²) in [7, 11) is 0. The summed E-state index contributed by atoms with van der Waals surface area (Å²) in [5.41, 5.74) is 0. The van der Waals surface area contributed by atoms with Gasteiger partial charge >= 0.3 is 0 Å². The molecule has 2 heteroatoms. The van der Waals surface area contributed by atoms with E-state index in [2.05, 4.69) is 0 Å². The van der Waals surface area contributed by atoms with Gasteiger partial charge in [0.15, 0.2) is 0 Å². The van der Waals surface area contributed by atoms with E-state index >= 15 is 0 Å². The van der Waals surface area contributed by atoms with Crippen molar-refractivity contribution in [3.63, 3.8) is 0 Å². The molecule has 0 saturated heterocycles. The molecule has 0 aromatic heterocycles. The highest BCUT2D eigenvalue weighted by molar-refractivity contribution is 5.55. The molecule has 9 heavy (non-hydrogen) atoms. The average molecular weight is 128 g/mol. The van der Waals surface area contributed by atoms with Crippen LogP contribution in [0.2, 0.25) is 0 Å². The largest absolute Gasteiger partial charge is 0.389 e. The molecule has 0 aliphatic carbocycles. The first kappa shape index (κ1) is 8.37. The number of rotatable bonds is 3. The Morgan fingerprint density at radius 1 is 1.33 bits per heavy atom. The topological polar surface area (TPSA) is 37.3 Å². The number of hydrogen-bond acceptors (Lipinski definition) is 2. The Hall–Kier alpha value is -0.630. The van der Waals surface area contributed by atoms with Crippen LogP contribution in [-0.2, 0) is 4.79 Å². The molecule has 0 amide bonds. The van der Waals surface area contributed by atoms with Gasteiger partial charge in [0.1, 0.15) is 6.29 Å². The molecule has 0 heterocycles. The molecule has 2 unspecified atom stereocenters. The highest BCUT2D eigenvalue weighted by Crippen LogP contribution is 1.92. The Balaban J connectivity index is 3.56. The van der Waals surface area contributed by atoms with Gasteiger partial charge in [-0.2, -0.15) is 0 Å². The third-order valence-corrected chi connectivity index (χ3v) is 0.908. The standard InChI is InChI=1S/C7H12O2/c1-6(5-8)3-4-7(2)9/h3-7,9H,1-2H3. The minimum Gasteiger partial charge on any atom is -0.389 e. The number of carbonyl (C=O) groups excluding carboxylic acids is 1. The van der Waals surface area contributed by atoms with Crippen LogP contribution in [0.15, 0.2) is 12.2 Å². The highest BCUT2D eigenvalue weighted by atomic mass is 16.3. The van der Waals surface area contributed by atoms with Crippen LogP contribution in [0.1, 0.15) is 13.8 Å². The molecule has 0 radical (unpaired) electrons. The zero-order chi connectivity index (χ0) is 7.28. The van der Waals surface area contributed by atoms with Crippen molar-refractivity contribution in [2.75, 3.05) is 0 Å². The van der Waals surface area contributed by atoms with Crippen molar-refractivity contribution in [3.8, 4) is 0 Å². The van der Waals surface area contributed by atoms with Crippen molar-refractivity contribution in [3.05, 3.63) is 12.2 Å². The summed E-state index contributed by atoms with van der Waals surface area (Å²) in [6.45, 7) is 3.42. The normalized spacial score (nSPS) is 17.7. The van der Waals surface area contributed by atoms with Crippen LogP contribution < -0.4 is 0 Å². The van der Waals surface area contributed by atoms with Crippen molar-refractivity contribution in [1.29, 1.82) is 0 Å². The Bertz CT molecular complexity index is 105.